The monoisotopic (exact) mass is 202 g/mol. The lowest BCUT2D eigenvalue weighted by molar-refractivity contribution is -0.111. The molecule has 0 aromatic carbocycles. The van der Waals surface area contributed by atoms with Crippen molar-refractivity contribution in [1.82, 2.24) is 0 Å². The highest BCUT2D eigenvalue weighted by Gasteiger charge is 2.09. The molecule has 66 valence electrons. The van der Waals surface area contributed by atoms with E-state index in [-0.39, 0.29) is 5.78 Å². The van der Waals surface area contributed by atoms with Gasteiger partial charge in [0.2, 0.25) is 0 Å². The summed E-state index contributed by atoms with van der Waals surface area (Å²) in [7, 11) is 0. The summed E-state index contributed by atoms with van der Waals surface area (Å²) in [5, 5.41) is 7.77. The van der Waals surface area contributed by atoms with E-state index >= 15 is 0 Å². The largest absolute Gasteiger partial charge is 0.293 e. The number of carbonyl (C=O) groups is 1. The average Bonchev–Trinajstić information content (AvgIpc) is 2.51. The van der Waals surface area contributed by atoms with Crippen molar-refractivity contribution in [3.63, 3.8) is 0 Å². The first-order chi connectivity index (χ1) is 5.70. The Morgan fingerprint density at radius 1 is 1.33 bits per heavy atom. The highest BCUT2D eigenvalue weighted by atomic mass is 32.2. The van der Waals surface area contributed by atoms with Crippen LogP contribution in [-0.4, -0.2) is 27.4 Å². The van der Waals surface area contributed by atoms with Gasteiger partial charge in [0.25, 0.3) is 0 Å². The minimum Gasteiger partial charge on any atom is -0.293 e. The lowest BCUT2D eigenvalue weighted by Gasteiger charge is -1.90. The maximum absolute atomic E-state index is 10.7. The van der Waals surface area contributed by atoms with E-state index < -0.39 is 0 Å². The van der Waals surface area contributed by atoms with Crippen LogP contribution in [0.2, 0.25) is 0 Å². The molecule has 0 radical (unpaired) electrons. The fraction of sp³-hybridized carbons (Fsp3) is 0.571. The third-order valence-electron chi connectivity index (χ3n) is 1.33. The van der Waals surface area contributed by atoms with Crippen LogP contribution in [0.25, 0.3) is 0 Å². The average molecular weight is 202 g/mol. The fourth-order valence-corrected chi connectivity index (χ4v) is 2.59. The first-order valence-corrected chi connectivity index (χ1v) is 5.56. The van der Waals surface area contributed by atoms with Gasteiger partial charge in [-0.15, -0.1) is 5.10 Å². The Labute approximate surface area is 80.1 Å². The Hall–Kier alpha value is -0.290. The fourth-order valence-electron chi connectivity index (χ4n) is 0.544. The molecule has 1 saturated heterocycles. The summed E-state index contributed by atoms with van der Waals surface area (Å²) >= 11 is 3.38. The lowest BCUT2D eigenvalue weighted by Crippen LogP contribution is -2.03. The summed E-state index contributed by atoms with van der Waals surface area (Å²) in [5.41, 5.74) is 0.468. The van der Waals surface area contributed by atoms with Crippen molar-refractivity contribution in [1.29, 1.82) is 0 Å². The molecule has 0 aromatic heterocycles. The van der Waals surface area contributed by atoms with Crippen LogP contribution < -0.4 is 0 Å². The molecular weight excluding hydrogens is 192 g/mol. The maximum atomic E-state index is 10.7. The Kier molecular flexibility index (Phi) is 3.81. The van der Waals surface area contributed by atoms with Crippen molar-refractivity contribution in [3.05, 3.63) is 0 Å². The van der Waals surface area contributed by atoms with Crippen LogP contribution in [0.4, 0.5) is 0 Å². The number of ketones is 1. The number of hydrogen-bond acceptors (Lipinski definition) is 5. The first-order valence-electron chi connectivity index (χ1n) is 3.59. The van der Waals surface area contributed by atoms with Gasteiger partial charge in [0, 0.05) is 18.4 Å². The molecule has 0 N–H and O–H groups in total. The molecule has 1 aliphatic rings. The molecule has 1 aliphatic heterocycles. The van der Waals surface area contributed by atoms with E-state index in [9.17, 15) is 4.79 Å². The minimum atomic E-state index is -0.0210. The molecule has 0 spiro atoms. The van der Waals surface area contributed by atoms with Gasteiger partial charge in [-0.1, -0.05) is 23.5 Å². The van der Waals surface area contributed by atoms with Gasteiger partial charge in [-0.25, -0.2) is 0 Å². The molecular formula is C7H10N2OS2. The summed E-state index contributed by atoms with van der Waals surface area (Å²) < 4.78 is 0.968. The van der Waals surface area contributed by atoms with Crippen LogP contribution in [0.3, 0.4) is 0 Å². The number of carbonyl (C=O) groups excluding carboxylic acids is 1. The van der Waals surface area contributed by atoms with Crippen LogP contribution in [-0.2, 0) is 4.79 Å². The second kappa shape index (κ2) is 4.67. The molecule has 0 aliphatic carbocycles. The van der Waals surface area contributed by atoms with Gasteiger partial charge in [0.05, 0.1) is 0 Å². The summed E-state index contributed by atoms with van der Waals surface area (Å²) in [5.74, 6) is 2.17. The van der Waals surface area contributed by atoms with Crippen LogP contribution in [0.15, 0.2) is 10.2 Å². The second-order valence-corrected chi connectivity index (χ2v) is 4.73. The van der Waals surface area contributed by atoms with E-state index in [4.69, 9.17) is 0 Å². The number of thioether (sulfide) groups is 2. The number of nitrogens with zero attached hydrogens (tertiary/aromatic N) is 2. The smallest absolute Gasteiger partial charge is 0.175 e. The van der Waals surface area contributed by atoms with Crippen molar-refractivity contribution >= 4 is 39.4 Å². The zero-order chi connectivity index (χ0) is 8.97. The third-order valence-corrected chi connectivity index (χ3v) is 3.76. The SMILES string of the molecule is CC(=O)/C(C)=N/N=C1SCCS1. The zero-order valence-corrected chi connectivity index (χ0v) is 8.67. The predicted molar refractivity (Wildman–Crippen MR) is 56.1 cm³/mol. The second-order valence-electron chi connectivity index (χ2n) is 2.30. The van der Waals surface area contributed by atoms with Crippen molar-refractivity contribution in [2.24, 2.45) is 10.2 Å². The summed E-state index contributed by atoms with van der Waals surface area (Å²) in [4.78, 5) is 10.7. The van der Waals surface area contributed by atoms with Crippen molar-refractivity contribution in [3.8, 4) is 0 Å². The first kappa shape index (κ1) is 9.80. The molecule has 12 heavy (non-hydrogen) atoms. The Bertz CT molecular complexity index is 240. The van der Waals surface area contributed by atoms with E-state index in [1.165, 1.54) is 6.92 Å². The van der Waals surface area contributed by atoms with Gasteiger partial charge >= 0.3 is 0 Å². The highest BCUT2D eigenvalue weighted by Crippen LogP contribution is 2.25. The maximum Gasteiger partial charge on any atom is 0.175 e. The van der Waals surface area contributed by atoms with E-state index in [1.807, 2.05) is 0 Å². The van der Waals surface area contributed by atoms with E-state index in [0.29, 0.717) is 5.71 Å². The standard InChI is InChI=1S/C7H10N2OS2/c1-5(6(2)10)8-9-7-11-3-4-12-7/h3-4H2,1-2H3/b8-5+. The molecule has 0 amide bonds. The molecule has 0 aromatic rings. The van der Waals surface area contributed by atoms with Crippen molar-refractivity contribution in [2.45, 2.75) is 13.8 Å². The topological polar surface area (TPSA) is 41.8 Å². The summed E-state index contributed by atoms with van der Waals surface area (Å²) in [6.07, 6.45) is 0. The molecule has 0 saturated carbocycles. The van der Waals surface area contributed by atoms with E-state index in [0.717, 1.165) is 15.9 Å². The normalized spacial score (nSPS) is 18.2. The van der Waals surface area contributed by atoms with Crippen LogP contribution in [0, 0.1) is 0 Å². The van der Waals surface area contributed by atoms with Crippen LogP contribution in [0.1, 0.15) is 13.8 Å². The van der Waals surface area contributed by atoms with Gasteiger partial charge in [0.1, 0.15) is 5.71 Å². The molecule has 1 heterocycles. The quantitative estimate of drug-likeness (QED) is 0.506. The van der Waals surface area contributed by atoms with E-state index in [2.05, 4.69) is 10.2 Å². The molecule has 3 nitrogen and oxygen atoms in total. The van der Waals surface area contributed by atoms with Gasteiger partial charge in [-0.3, -0.25) is 4.79 Å². The molecule has 1 fully saturated rings. The van der Waals surface area contributed by atoms with Crippen molar-refractivity contribution < 1.29 is 4.79 Å². The molecule has 5 heteroatoms. The van der Waals surface area contributed by atoms with Gasteiger partial charge in [0.15, 0.2) is 10.2 Å². The van der Waals surface area contributed by atoms with Crippen LogP contribution >= 0.6 is 23.5 Å². The predicted octanol–water partition coefficient (Wildman–Crippen LogP) is 1.79. The lowest BCUT2D eigenvalue weighted by atomic mass is 10.3. The molecule has 1 rings (SSSR count). The van der Waals surface area contributed by atoms with Gasteiger partial charge < -0.3 is 0 Å². The zero-order valence-electron chi connectivity index (χ0n) is 7.03. The third kappa shape index (κ3) is 2.98. The van der Waals surface area contributed by atoms with Crippen molar-refractivity contribution in [2.75, 3.05) is 11.5 Å². The molecule has 0 unspecified atom stereocenters. The highest BCUT2D eigenvalue weighted by molar-refractivity contribution is 8.41. The van der Waals surface area contributed by atoms with E-state index in [1.54, 1.807) is 30.4 Å². The van der Waals surface area contributed by atoms with Gasteiger partial charge in [-0.05, 0) is 6.92 Å². The Morgan fingerprint density at radius 3 is 2.42 bits per heavy atom. The number of Topliss-reactive ketones (excluding diaryl/α,β-unsaturated/α-hetero) is 1. The Balaban J connectivity index is 2.56. The summed E-state index contributed by atoms with van der Waals surface area (Å²) in [6.45, 7) is 3.17. The minimum absolute atomic E-state index is 0.0210. The molecule has 0 atom stereocenters. The summed E-state index contributed by atoms with van der Waals surface area (Å²) in [6, 6.07) is 0. The van der Waals surface area contributed by atoms with Crippen LogP contribution in [0.5, 0.6) is 0 Å². The number of hydrogen-bond donors (Lipinski definition) is 0. The number of rotatable bonds is 2. The molecule has 0 bridgehead atoms. The Morgan fingerprint density at radius 2 is 1.92 bits per heavy atom. The van der Waals surface area contributed by atoms with Gasteiger partial charge in [-0.2, -0.15) is 5.10 Å².